The van der Waals surface area contributed by atoms with Crippen LogP contribution in [0.15, 0.2) is 30.2 Å². The van der Waals surface area contributed by atoms with Gasteiger partial charge in [-0.1, -0.05) is 0 Å². The number of aromatic nitrogens is 1. The van der Waals surface area contributed by atoms with E-state index in [2.05, 4.69) is 10.3 Å². The minimum absolute atomic E-state index is 0.156. The molecule has 1 rings (SSSR count). The number of hydrogen-bond donors (Lipinski definition) is 2. The molecule has 3 N–H and O–H groups in total. The van der Waals surface area contributed by atoms with Crippen LogP contribution in [0.25, 0.3) is 4.91 Å². The summed E-state index contributed by atoms with van der Waals surface area (Å²) in [5, 5.41) is 3.00. The highest BCUT2D eigenvalue weighted by Crippen LogP contribution is 2.29. The van der Waals surface area contributed by atoms with Crippen LogP contribution in [0.1, 0.15) is 25.8 Å². The van der Waals surface area contributed by atoms with E-state index in [4.69, 9.17) is 5.73 Å². The van der Waals surface area contributed by atoms with Crippen molar-refractivity contribution in [3.8, 4) is 0 Å². The van der Waals surface area contributed by atoms with Crippen molar-refractivity contribution in [1.82, 2.24) is 15.2 Å². The van der Waals surface area contributed by atoms with Crippen LogP contribution in [-0.2, 0) is 4.79 Å². The van der Waals surface area contributed by atoms with E-state index in [1.54, 1.807) is 24.2 Å². The van der Waals surface area contributed by atoms with Crippen molar-refractivity contribution in [2.24, 2.45) is 5.73 Å². The Bertz CT molecular complexity index is 472. The van der Waals surface area contributed by atoms with Crippen LogP contribution in [-0.4, -0.2) is 41.8 Å². The van der Waals surface area contributed by atoms with Gasteiger partial charge in [-0.2, -0.15) is 0 Å². The third kappa shape index (κ3) is 5.77. The van der Waals surface area contributed by atoms with Gasteiger partial charge in [0.05, 0.1) is 5.88 Å². The first kappa shape index (κ1) is 17.5. The number of thioether (sulfide) groups is 1. The maximum Gasteiger partial charge on any atom is 0.224 e. The minimum atomic E-state index is 0.156. The summed E-state index contributed by atoms with van der Waals surface area (Å²) in [5.74, 6) is 0.758. The molecule has 0 spiro atoms. The Kier molecular flexibility index (Phi) is 7.85. The maximum absolute atomic E-state index is 12.1. The summed E-state index contributed by atoms with van der Waals surface area (Å²) in [6.45, 7) is 5.26. The van der Waals surface area contributed by atoms with Crippen LogP contribution in [0.2, 0.25) is 0 Å². The highest BCUT2D eigenvalue weighted by atomic mass is 32.2. The minimum Gasteiger partial charge on any atom is -0.401 e. The molecule has 0 aliphatic carbocycles. The molecule has 1 heterocycles. The Balaban J connectivity index is 2.69. The molecule has 1 aromatic rings. The van der Waals surface area contributed by atoms with Gasteiger partial charge in [0.1, 0.15) is 0 Å². The van der Waals surface area contributed by atoms with Gasteiger partial charge in [0.25, 0.3) is 0 Å². The fourth-order valence-electron chi connectivity index (χ4n) is 1.80. The lowest BCUT2D eigenvalue weighted by Crippen LogP contribution is -2.32. The maximum atomic E-state index is 12.1. The molecule has 0 aliphatic rings. The first-order valence-corrected chi connectivity index (χ1v) is 8.00. The average Bonchev–Trinajstić information content (AvgIpc) is 2.49. The lowest BCUT2D eigenvalue weighted by atomic mass is 10.2. The summed E-state index contributed by atoms with van der Waals surface area (Å²) in [6.07, 6.45) is 4.00. The van der Waals surface area contributed by atoms with Crippen LogP contribution in [0.4, 0.5) is 0 Å². The lowest BCUT2D eigenvalue weighted by molar-refractivity contribution is -0.129. The third-order valence-electron chi connectivity index (χ3n) is 2.99. The number of allylic oxidation sites excluding steroid dienone is 1. The molecule has 21 heavy (non-hydrogen) atoms. The predicted molar refractivity (Wildman–Crippen MR) is 89.4 cm³/mol. The van der Waals surface area contributed by atoms with Gasteiger partial charge in [-0.15, -0.1) is 11.8 Å². The van der Waals surface area contributed by atoms with Crippen LogP contribution in [0.5, 0.6) is 0 Å². The van der Waals surface area contributed by atoms with Gasteiger partial charge in [0.2, 0.25) is 5.91 Å². The summed E-state index contributed by atoms with van der Waals surface area (Å²) in [7, 11) is 1.85. The Morgan fingerprint density at radius 1 is 1.43 bits per heavy atom. The van der Waals surface area contributed by atoms with E-state index in [-0.39, 0.29) is 5.91 Å². The first-order chi connectivity index (χ1) is 10.1. The monoisotopic (exact) mass is 308 g/mol. The third-order valence-corrected chi connectivity index (χ3v) is 4.28. The van der Waals surface area contributed by atoms with Crippen molar-refractivity contribution < 1.29 is 4.79 Å². The number of carbonyl (C=O) groups excluding carboxylic acids is 1. The molecule has 116 valence electrons. The Labute approximate surface area is 131 Å². The van der Waals surface area contributed by atoms with Crippen molar-refractivity contribution in [2.45, 2.75) is 20.3 Å². The molecule has 0 aliphatic heterocycles. The predicted octanol–water partition coefficient (Wildman–Crippen LogP) is 1.88. The summed E-state index contributed by atoms with van der Waals surface area (Å²) in [4.78, 5) is 18.9. The van der Waals surface area contributed by atoms with Gasteiger partial charge >= 0.3 is 0 Å². The largest absolute Gasteiger partial charge is 0.401 e. The lowest BCUT2D eigenvalue weighted by Gasteiger charge is -2.21. The fraction of sp³-hybridized carbons (Fsp3) is 0.467. The molecule has 0 saturated heterocycles. The Morgan fingerprint density at radius 3 is 2.62 bits per heavy atom. The second kappa shape index (κ2) is 9.41. The fourth-order valence-corrected chi connectivity index (χ4v) is 2.94. The topological polar surface area (TPSA) is 71.2 Å². The standard InChI is InChI=1S/C15H24N4OS/c1-4-19(14(20)7-8-17-3)11-21-15(12(2)16)13-5-9-18-10-6-13/h5-6,9-10,17H,4,7-8,11,16H2,1-3H3/b15-12-. The molecule has 5 nitrogen and oxygen atoms in total. The van der Waals surface area contributed by atoms with Gasteiger partial charge in [-0.3, -0.25) is 9.78 Å². The van der Waals surface area contributed by atoms with E-state index in [1.807, 2.05) is 37.9 Å². The number of hydrogen-bond acceptors (Lipinski definition) is 5. The van der Waals surface area contributed by atoms with Gasteiger partial charge in [0.15, 0.2) is 0 Å². The van der Waals surface area contributed by atoms with E-state index in [9.17, 15) is 4.79 Å². The van der Waals surface area contributed by atoms with E-state index >= 15 is 0 Å². The summed E-state index contributed by atoms with van der Waals surface area (Å²) in [5.41, 5.74) is 7.77. The highest BCUT2D eigenvalue weighted by molar-refractivity contribution is 8.08. The molecule has 0 atom stereocenters. The Morgan fingerprint density at radius 2 is 2.10 bits per heavy atom. The van der Waals surface area contributed by atoms with Crippen LogP contribution >= 0.6 is 11.8 Å². The van der Waals surface area contributed by atoms with Gasteiger partial charge in [-0.25, -0.2) is 0 Å². The van der Waals surface area contributed by atoms with Crippen molar-refractivity contribution in [3.05, 3.63) is 35.8 Å². The smallest absolute Gasteiger partial charge is 0.224 e. The molecule has 1 amide bonds. The second-order valence-corrected chi connectivity index (χ2v) is 5.58. The molecule has 1 aromatic heterocycles. The van der Waals surface area contributed by atoms with Crippen molar-refractivity contribution in [2.75, 3.05) is 26.0 Å². The van der Waals surface area contributed by atoms with Crippen LogP contribution < -0.4 is 11.1 Å². The Hall–Kier alpha value is -1.53. The average molecular weight is 308 g/mol. The molecule has 0 unspecified atom stereocenters. The number of rotatable bonds is 8. The quantitative estimate of drug-likeness (QED) is 0.718. The SMILES string of the molecule is CCN(CS/C(=C(/C)N)c1ccncc1)C(=O)CCNC. The van der Waals surface area contributed by atoms with E-state index in [0.717, 1.165) is 16.2 Å². The van der Waals surface area contributed by atoms with Gasteiger partial charge < -0.3 is 16.0 Å². The number of nitrogens with two attached hydrogens (primary N) is 1. The van der Waals surface area contributed by atoms with E-state index < -0.39 is 0 Å². The molecular formula is C15H24N4OS. The van der Waals surface area contributed by atoms with Gasteiger partial charge in [0, 0.05) is 42.5 Å². The summed E-state index contributed by atoms with van der Waals surface area (Å²) < 4.78 is 0. The molecule has 0 saturated carbocycles. The second-order valence-electron chi connectivity index (χ2n) is 4.62. The van der Waals surface area contributed by atoms with Crippen molar-refractivity contribution in [3.63, 3.8) is 0 Å². The van der Waals surface area contributed by atoms with Crippen molar-refractivity contribution >= 4 is 22.6 Å². The van der Waals surface area contributed by atoms with Crippen LogP contribution in [0.3, 0.4) is 0 Å². The molecular weight excluding hydrogens is 284 g/mol. The molecule has 0 bridgehead atoms. The zero-order valence-corrected chi connectivity index (χ0v) is 13.7. The normalized spacial score (nSPS) is 12.0. The molecule has 0 fully saturated rings. The zero-order chi connectivity index (χ0) is 15.7. The zero-order valence-electron chi connectivity index (χ0n) is 12.9. The van der Waals surface area contributed by atoms with E-state index in [0.29, 0.717) is 25.4 Å². The summed E-state index contributed by atoms with van der Waals surface area (Å²) in [6, 6.07) is 3.86. The van der Waals surface area contributed by atoms with Crippen molar-refractivity contribution in [1.29, 1.82) is 0 Å². The number of nitrogens with one attached hydrogen (secondary N) is 1. The summed E-state index contributed by atoms with van der Waals surface area (Å²) >= 11 is 1.59. The number of nitrogens with zero attached hydrogens (tertiary/aromatic N) is 2. The molecule has 0 aromatic carbocycles. The number of pyridine rings is 1. The number of amides is 1. The highest BCUT2D eigenvalue weighted by Gasteiger charge is 2.13. The van der Waals surface area contributed by atoms with Gasteiger partial charge in [-0.05, 0) is 38.6 Å². The van der Waals surface area contributed by atoms with Crippen LogP contribution in [0, 0.1) is 0 Å². The first-order valence-electron chi connectivity index (χ1n) is 7.02. The van der Waals surface area contributed by atoms with E-state index in [1.165, 1.54) is 0 Å². The number of carbonyl (C=O) groups is 1. The molecule has 0 radical (unpaired) electrons. The molecule has 6 heteroatoms.